The van der Waals surface area contributed by atoms with Gasteiger partial charge in [-0.3, -0.25) is 9.69 Å². The first-order valence-electron chi connectivity index (χ1n) is 6.86. The van der Waals surface area contributed by atoms with Crippen LogP contribution < -0.4 is 0 Å². The molecule has 0 aromatic rings. The van der Waals surface area contributed by atoms with E-state index < -0.39 is 11.6 Å². The van der Waals surface area contributed by atoms with Crippen LogP contribution in [-0.2, 0) is 9.53 Å². The van der Waals surface area contributed by atoms with Crippen molar-refractivity contribution in [3.05, 3.63) is 0 Å². The van der Waals surface area contributed by atoms with Crippen molar-refractivity contribution in [2.24, 2.45) is 5.92 Å². The van der Waals surface area contributed by atoms with Gasteiger partial charge in [0.25, 0.3) is 0 Å². The Morgan fingerprint density at radius 2 is 1.95 bits per heavy atom. The molecular weight excluding hydrogens is 244 g/mol. The molecule has 0 radical (unpaired) electrons. The van der Waals surface area contributed by atoms with Crippen molar-refractivity contribution in [2.75, 3.05) is 20.1 Å². The van der Waals surface area contributed by atoms with Gasteiger partial charge in [-0.1, -0.05) is 13.8 Å². The van der Waals surface area contributed by atoms with Gasteiger partial charge < -0.3 is 9.64 Å². The quantitative estimate of drug-likeness (QED) is 0.772. The predicted molar refractivity (Wildman–Crippen MR) is 73.8 cm³/mol. The minimum Gasteiger partial charge on any atom is -0.444 e. The summed E-state index contributed by atoms with van der Waals surface area (Å²) in [7, 11) is 1.78. The van der Waals surface area contributed by atoms with Crippen LogP contribution in [-0.4, -0.2) is 53.6 Å². The molecule has 1 atom stereocenters. The van der Waals surface area contributed by atoms with E-state index in [-0.39, 0.29) is 12.0 Å². The molecule has 0 N–H and O–H groups in total. The Morgan fingerprint density at radius 1 is 1.37 bits per heavy atom. The van der Waals surface area contributed by atoms with Gasteiger partial charge in [-0.2, -0.15) is 0 Å². The van der Waals surface area contributed by atoms with Crippen molar-refractivity contribution in [3.8, 4) is 0 Å². The Hall–Kier alpha value is -1.26. The van der Waals surface area contributed by atoms with Gasteiger partial charge in [0.1, 0.15) is 11.6 Å². The van der Waals surface area contributed by atoms with E-state index in [1.165, 1.54) is 0 Å². The fourth-order valence-corrected chi connectivity index (χ4v) is 2.13. The van der Waals surface area contributed by atoms with Crippen LogP contribution in [0.3, 0.4) is 0 Å². The van der Waals surface area contributed by atoms with Crippen molar-refractivity contribution in [1.82, 2.24) is 9.80 Å². The minimum atomic E-state index is -0.536. The van der Waals surface area contributed by atoms with E-state index in [1.54, 1.807) is 16.8 Å². The molecule has 1 heterocycles. The maximum Gasteiger partial charge on any atom is 0.411 e. The van der Waals surface area contributed by atoms with E-state index in [9.17, 15) is 9.59 Å². The second kappa shape index (κ2) is 5.80. The summed E-state index contributed by atoms with van der Waals surface area (Å²) in [5, 5.41) is 0. The van der Waals surface area contributed by atoms with Crippen molar-refractivity contribution in [2.45, 2.75) is 52.7 Å². The van der Waals surface area contributed by atoms with Crippen LogP contribution in [0.2, 0.25) is 0 Å². The molecule has 1 saturated heterocycles. The van der Waals surface area contributed by atoms with Crippen LogP contribution in [0.15, 0.2) is 0 Å². The average Bonchev–Trinajstić information content (AvgIpc) is 2.21. The molecule has 1 fully saturated rings. The van der Waals surface area contributed by atoms with Crippen molar-refractivity contribution in [3.63, 3.8) is 0 Å². The van der Waals surface area contributed by atoms with Gasteiger partial charge in [-0.15, -0.1) is 0 Å². The highest BCUT2D eigenvalue weighted by Gasteiger charge is 2.38. The second-order valence-electron chi connectivity index (χ2n) is 6.58. The van der Waals surface area contributed by atoms with E-state index in [2.05, 4.69) is 13.8 Å². The molecule has 110 valence electrons. The lowest BCUT2D eigenvalue weighted by atomic mass is 10.00. The Bertz CT molecular complexity index is 347. The predicted octanol–water partition coefficient (Wildman–Crippen LogP) is 2.11. The zero-order valence-corrected chi connectivity index (χ0v) is 12.9. The number of piperazine rings is 1. The molecule has 0 bridgehead atoms. The fourth-order valence-electron chi connectivity index (χ4n) is 2.13. The molecule has 1 unspecified atom stereocenters. The molecular formula is C14H26N2O3. The van der Waals surface area contributed by atoms with Gasteiger partial charge in [0.2, 0.25) is 5.91 Å². The third-order valence-corrected chi connectivity index (χ3v) is 3.04. The van der Waals surface area contributed by atoms with Crippen molar-refractivity contribution >= 4 is 12.0 Å². The molecule has 1 aliphatic rings. The normalized spacial score (nSPS) is 21.0. The maximum atomic E-state index is 12.2. The van der Waals surface area contributed by atoms with E-state index >= 15 is 0 Å². The number of carbonyl (C=O) groups excluding carboxylic acids is 2. The van der Waals surface area contributed by atoms with Gasteiger partial charge in [0, 0.05) is 20.1 Å². The summed E-state index contributed by atoms with van der Waals surface area (Å²) in [6, 6.07) is -0.395. The molecule has 1 aliphatic heterocycles. The summed E-state index contributed by atoms with van der Waals surface area (Å²) in [4.78, 5) is 27.7. The van der Waals surface area contributed by atoms with E-state index in [4.69, 9.17) is 4.74 Å². The molecule has 0 aromatic heterocycles. The SMILES string of the molecule is CC(C)CC1C(=O)N(C)CCN1C(=O)OC(C)(C)C. The van der Waals surface area contributed by atoms with Gasteiger partial charge in [-0.25, -0.2) is 4.79 Å². The van der Waals surface area contributed by atoms with Crippen molar-refractivity contribution < 1.29 is 14.3 Å². The highest BCUT2D eigenvalue weighted by Crippen LogP contribution is 2.20. The number of hydrogen-bond acceptors (Lipinski definition) is 3. The van der Waals surface area contributed by atoms with E-state index in [0.29, 0.717) is 25.4 Å². The Kier molecular flexibility index (Phi) is 4.82. The largest absolute Gasteiger partial charge is 0.444 e. The third-order valence-electron chi connectivity index (χ3n) is 3.04. The molecule has 0 aromatic carbocycles. The van der Waals surface area contributed by atoms with Crippen LogP contribution in [0.25, 0.3) is 0 Å². The monoisotopic (exact) mass is 270 g/mol. The lowest BCUT2D eigenvalue weighted by Crippen LogP contribution is -2.58. The molecule has 2 amide bonds. The summed E-state index contributed by atoms with van der Waals surface area (Å²) >= 11 is 0. The number of ether oxygens (including phenoxy) is 1. The number of rotatable bonds is 2. The average molecular weight is 270 g/mol. The molecule has 0 aliphatic carbocycles. The Balaban J connectivity index is 2.83. The maximum absolute atomic E-state index is 12.2. The van der Waals surface area contributed by atoms with E-state index in [0.717, 1.165) is 0 Å². The van der Waals surface area contributed by atoms with Crippen LogP contribution in [0, 0.1) is 5.92 Å². The zero-order chi connectivity index (χ0) is 14.8. The number of nitrogens with zero attached hydrogens (tertiary/aromatic N) is 2. The molecule has 0 saturated carbocycles. The lowest BCUT2D eigenvalue weighted by molar-refractivity contribution is -0.140. The third kappa shape index (κ3) is 4.40. The highest BCUT2D eigenvalue weighted by atomic mass is 16.6. The minimum absolute atomic E-state index is 0.00538. The number of carbonyl (C=O) groups is 2. The zero-order valence-electron chi connectivity index (χ0n) is 12.9. The summed E-state index contributed by atoms with van der Waals surface area (Å²) in [5.41, 5.74) is -0.536. The molecule has 5 nitrogen and oxygen atoms in total. The smallest absolute Gasteiger partial charge is 0.411 e. The molecule has 5 heteroatoms. The van der Waals surface area contributed by atoms with Crippen LogP contribution in [0.4, 0.5) is 4.79 Å². The summed E-state index contributed by atoms with van der Waals surface area (Å²) < 4.78 is 5.39. The van der Waals surface area contributed by atoms with E-state index in [1.807, 2.05) is 20.8 Å². The van der Waals surface area contributed by atoms with Crippen LogP contribution in [0.1, 0.15) is 41.0 Å². The van der Waals surface area contributed by atoms with Gasteiger partial charge in [0.15, 0.2) is 0 Å². The highest BCUT2D eigenvalue weighted by molar-refractivity contribution is 5.86. The first kappa shape index (κ1) is 15.8. The van der Waals surface area contributed by atoms with Crippen LogP contribution >= 0.6 is 0 Å². The van der Waals surface area contributed by atoms with Gasteiger partial charge in [-0.05, 0) is 33.1 Å². The number of likely N-dealkylation sites (N-methyl/N-ethyl adjacent to an activating group) is 1. The summed E-state index contributed by atoms with van der Waals surface area (Å²) in [6.07, 6.45) is 0.280. The Morgan fingerprint density at radius 3 is 2.42 bits per heavy atom. The van der Waals surface area contributed by atoms with Crippen LogP contribution in [0.5, 0.6) is 0 Å². The lowest BCUT2D eigenvalue weighted by Gasteiger charge is -2.40. The first-order chi connectivity index (χ1) is 8.61. The second-order valence-corrected chi connectivity index (χ2v) is 6.58. The first-order valence-corrected chi connectivity index (χ1v) is 6.86. The number of amides is 2. The van der Waals surface area contributed by atoms with Gasteiger partial charge >= 0.3 is 6.09 Å². The molecule has 1 rings (SSSR count). The summed E-state index contributed by atoms with van der Waals surface area (Å²) in [6.45, 7) is 10.7. The number of hydrogen-bond donors (Lipinski definition) is 0. The fraction of sp³-hybridized carbons (Fsp3) is 0.857. The molecule has 19 heavy (non-hydrogen) atoms. The van der Waals surface area contributed by atoms with Crippen molar-refractivity contribution in [1.29, 1.82) is 0 Å². The standard InChI is InChI=1S/C14H26N2O3/c1-10(2)9-11-12(17)15(6)7-8-16(11)13(18)19-14(3,4)5/h10-11H,7-9H2,1-6H3. The molecule has 0 spiro atoms. The van der Waals surface area contributed by atoms with Gasteiger partial charge in [0.05, 0.1) is 0 Å². The Labute approximate surface area is 115 Å². The topological polar surface area (TPSA) is 49.9 Å². The summed E-state index contributed by atoms with van der Waals surface area (Å²) in [5.74, 6) is 0.358.